The summed E-state index contributed by atoms with van der Waals surface area (Å²) in [4.78, 5) is 3.76. The SMILES string of the molecule is CCCNCc1csc(S(=O)(=O)NCc2ncon2)c1. The summed E-state index contributed by atoms with van der Waals surface area (Å²) in [5.74, 6) is 0.301. The van der Waals surface area contributed by atoms with E-state index < -0.39 is 10.0 Å². The zero-order chi connectivity index (χ0) is 14.4. The van der Waals surface area contributed by atoms with Gasteiger partial charge in [-0.3, -0.25) is 0 Å². The van der Waals surface area contributed by atoms with E-state index in [0.29, 0.717) is 12.4 Å². The van der Waals surface area contributed by atoms with E-state index in [1.54, 1.807) is 6.07 Å². The van der Waals surface area contributed by atoms with Crippen LogP contribution in [0.1, 0.15) is 24.7 Å². The molecule has 0 unspecified atom stereocenters. The standard InChI is InChI=1S/C11H16N4O3S2/c1-2-3-12-5-9-4-11(19-7-9)20(16,17)14-6-10-13-8-18-15-10/h4,7-8,12,14H,2-3,5-6H2,1H3. The molecule has 2 aromatic heterocycles. The molecule has 0 radical (unpaired) electrons. The summed E-state index contributed by atoms with van der Waals surface area (Å²) in [5, 5.41) is 8.62. The van der Waals surface area contributed by atoms with Gasteiger partial charge in [-0.1, -0.05) is 12.1 Å². The van der Waals surface area contributed by atoms with Gasteiger partial charge in [0.05, 0.1) is 6.54 Å². The molecule has 0 amide bonds. The van der Waals surface area contributed by atoms with Gasteiger partial charge in [0.25, 0.3) is 0 Å². The first-order valence-electron chi connectivity index (χ1n) is 6.15. The predicted molar refractivity (Wildman–Crippen MR) is 74.6 cm³/mol. The van der Waals surface area contributed by atoms with E-state index in [1.165, 1.54) is 11.3 Å². The van der Waals surface area contributed by atoms with Crippen molar-refractivity contribution >= 4 is 21.4 Å². The molecule has 9 heteroatoms. The van der Waals surface area contributed by atoms with Gasteiger partial charge >= 0.3 is 0 Å². The molecule has 0 aliphatic carbocycles. The maximum Gasteiger partial charge on any atom is 0.250 e. The number of hydrogen-bond donors (Lipinski definition) is 2. The van der Waals surface area contributed by atoms with E-state index in [9.17, 15) is 8.42 Å². The first-order chi connectivity index (χ1) is 9.62. The van der Waals surface area contributed by atoms with Crippen molar-refractivity contribution in [3.63, 3.8) is 0 Å². The van der Waals surface area contributed by atoms with Crippen LogP contribution in [0, 0.1) is 0 Å². The van der Waals surface area contributed by atoms with Gasteiger partial charge in [-0.15, -0.1) is 11.3 Å². The van der Waals surface area contributed by atoms with Gasteiger partial charge in [-0.2, -0.15) is 4.98 Å². The summed E-state index contributed by atoms with van der Waals surface area (Å²) in [5.41, 5.74) is 0.961. The third kappa shape index (κ3) is 4.10. The largest absolute Gasteiger partial charge is 0.343 e. The Kier molecular flexibility index (Phi) is 5.24. The normalized spacial score (nSPS) is 11.8. The number of thiophene rings is 1. The smallest absolute Gasteiger partial charge is 0.250 e. The summed E-state index contributed by atoms with van der Waals surface area (Å²) in [6.07, 6.45) is 2.20. The predicted octanol–water partition coefficient (Wildman–Crippen LogP) is 1.11. The number of nitrogens with zero attached hydrogens (tertiary/aromatic N) is 2. The van der Waals surface area contributed by atoms with Crippen LogP contribution in [0.2, 0.25) is 0 Å². The van der Waals surface area contributed by atoms with Crippen LogP contribution in [0.5, 0.6) is 0 Å². The lowest BCUT2D eigenvalue weighted by Crippen LogP contribution is -2.23. The molecule has 7 nitrogen and oxygen atoms in total. The molecule has 2 heterocycles. The van der Waals surface area contributed by atoms with Crippen molar-refractivity contribution in [2.75, 3.05) is 6.54 Å². The monoisotopic (exact) mass is 316 g/mol. The van der Waals surface area contributed by atoms with Gasteiger partial charge in [0.2, 0.25) is 16.4 Å². The van der Waals surface area contributed by atoms with E-state index in [0.717, 1.165) is 24.9 Å². The van der Waals surface area contributed by atoms with Crippen molar-refractivity contribution in [2.45, 2.75) is 30.6 Å². The van der Waals surface area contributed by atoms with Gasteiger partial charge in [-0.25, -0.2) is 13.1 Å². The summed E-state index contributed by atoms with van der Waals surface area (Å²) < 4.78 is 31.4. The van der Waals surface area contributed by atoms with Crippen LogP contribution >= 0.6 is 11.3 Å². The fourth-order valence-electron chi connectivity index (χ4n) is 1.50. The van der Waals surface area contributed by atoms with Crippen LogP contribution in [0.25, 0.3) is 0 Å². The maximum absolute atomic E-state index is 12.1. The molecule has 0 aliphatic heterocycles. The molecular formula is C11H16N4O3S2. The number of aromatic nitrogens is 2. The van der Waals surface area contributed by atoms with E-state index >= 15 is 0 Å². The van der Waals surface area contributed by atoms with Gasteiger partial charge in [0, 0.05) is 6.54 Å². The molecule has 0 bridgehead atoms. The molecule has 0 saturated heterocycles. The molecule has 0 fully saturated rings. The van der Waals surface area contributed by atoms with Crippen LogP contribution in [-0.4, -0.2) is 25.1 Å². The van der Waals surface area contributed by atoms with Crippen molar-refractivity contribution in [3.05, 3.63) is 29.2 Å². The lowest BCUT2D eigenvalue weighted by atomic mass is 10.3. The second-order valence-electron chi connectivity index (χ2n) is 4.12. The van der Waals surface area contributed by atoms with Crippen LogP contribution < -0.4 is 10.0 Å². The number of sulfonamides is 1. The Hall–Kier alpha value is -1.29. The topological polar surface area (TPSA) is 97.1 Å². The Labute approximate surface area is 121 Å². The third-order valence-electron chi connectivity index (χ3n) is 2.48. The van der Waals surface area contributed by atoms with E-state index in [4.69, 9.17) is 0 Å². The molecule has 2 N–H and O–H groups in total. The van der Waals surface area contributed by atoms with Crippen molar-refractivity contribution in [1.29, 1.82) is 0 Å². The van der Waals surface area contributed by atoms with Gasteiger partial charge in [0.15, 0.2) is 5.82 Å². The first kappa shape index (κ1) is 15.1. The molecule has 0 aliphatic rings. The third-order valence-corrected chi connectivity index (χ3v) is 5.37. The molecule has 20 heavy (non-hydrogen) atoms. The fraction of sp³-hybridized carbons (Fsp3) is 0.455. The minimum absolute atomic E-state index is 0.0140. The highest BCUT2D eigenvalue weighted by Crippen LogP contribution is 2.20. The maximum atomic E-state index is 12.1. The summed E-state index contributed by atoms with van der Waals surface area (Å²) in [6, 6.07) is 1.67. The lowest BCUT2D eigenvalue weighted by Gasteiger charge is -2.01. The molecule has 0 atom stereocenters. The lowest BCUT2D eigenvalue weighted by molar-refractivity contribution is 0.409. The zero-order valence-corrected chi connectivity index (χ0v) is 12.6. The van der Waals surface area contributed by atoms with Crippen molar-refractivity contribution in [2.24, 2.45) is 0 Å². The van der Waals surface area contributed by atoms with E-state index in [-0.39, 0.29) is 10.8 Å². The molecule has 2 aromatic rings. The van der Waals surface area contributed by atoms with Crippen molar-refractivity contribution in [3.8, 4) is 0 Å². The highest BCUT2D eigenvalue weighted by atomic mass is 32.2. The minimum Gasteiger partial charge on any atom is -0.343 e. The molecule has 110 valence electrons. The number of rotatable bonds is 8. The first-order valence-corrected chi connectivity index (χ1v) is 8.51. The zero-order valence-electron chi connectivity index (χ0n) is 11.0. The molecule has 0 spiro atoms. The van der Waals surface area contributed by atoms with E-state index in [2.05, 4.69) is 31.6 Å². The van der Waals surface area contributed by atoms with Crippen molar-refractivity contribution in [1.82, 2.24) is 20.2 Å². The Morgan fingerprint density at radius 1 is 1.40 bits per heavy atom. The van der Waals surface area contributed by atoms with Gasteiger partial charge in [0.1, 0.15) is 4.21 Å². The summed E-state index contributed by atoms with van der Waals surface area (Å²) >= 11 is 1.20. The van der Waals surface area contributed by atoms with Crippen LogP contribution in [0.3, 0.4) is 0 Å². The summed E-state index contributed by atoms with van der Waals surface area (Å²) in [6.45, 7) is 3.68. The van der Waals surface area contributed by atoms with Crippen LogP contribution in [0.15, 0.2) is 26.6 Å². The van der Waals surface area contributed by atoms with Crippen LogP contribution in [-0.2, 0) is 23.1 Å². The Morgan fingerprint density at radius 3 is 2.95 bits per heavy atom. The number of nitrogens with one attached hydrogen (secondary N) is 2. The Bertz CT molecular complexity index is 622. The van der Waals surface area contributed by atoms with Gasteiger partial charge < -0.3 is 9.84 Å². The Morgan fingerprint density at radius 2 is 2.25 bits per heavy atom. The quantitative estimate of drug-likeness (QED) is 0.708. The van der Waals surface area contributed by atoms with Gasteiger partial charge in [-0.05, 0) is 30.0 Å². The average Bonchev–Trinajstić information content (AvgIpc) is 3.08. The van der Waals surface area contributed by atoms with E-state index in [1.807, 2.05) is 5.38 Å². The summed E-state index contributed by atoms with van der Waals surface area (Å²) in [7, 11) is -3.53. The highest BCUT2D eigenvalue weighted by Gasteiger charge is 2.17. The molecular weight excluding hydrogens is 300 g/mol. The fourth-order valence-corrected chi connectivity index (χ4v) is 3.73. The molecule has 0 aromatic carbocycles. The Balaban J connectivity index is 1.95. The molecule has 0 saturated carbocycles. The molecule has 2 rings (SSSR count). The second kappa shape index (κ2) is 6.93. The van der Waals surface area contributed by atoms with Crippen LogP contribution in [0.4, 0.5) is 0 Å². The number of hydrogen-bond acceptors (Lipinski definition) is 7. The average molecular weight is 316 g/mol. The second-order valence-corrected chi connectivity index (χ2v) is 7.03. The highest BCUT2D eigenvalue weighted by molar-refractivity contribution is 7.91. The minimum atomic E-state index is -3.53. The van der Waals surface area contributed by atoms with Crippen molar-refractivity contribution < 1.29 is 12.9 Å².